The molecule has 2 heteroatoms. The van der Waals surface area contributed by atoms with Gasteiger partial charge in [-0.3, -0.25) is 0 Å². The molecule has 6 aromatic carbocycles. The predicted octanol–water partition coefficient (Wildman–Crippen LogP) is 14.8. The molecule has 6 aromatic rings. The molecule has 0 amide bonds. The van der Waals surface area contributed by atoms with E-state index in [-0.39, 0.29) is 16.2 Å². The van der Waals surface area contributed by atoms with Gasteiger partial charge in [-0.2, -0.15) is 0 Å². The molecule has 0 aliphatic carbocycles. The summed E-state index contributed by atoms with van der Waals surface area (Å²) in [4.78, 5) is 2.46. The van der Waals surface area contributed by atoms with E-state index >= 15 is 0 Å². The molecule has 0 aliphatic heterocycles. The monoisotopic (exact) mass is 719 g/mol. The van der Waals surface area contributed by atoms with Crippen molar-refractivity contribution < 1.29 is 0 Å². The standard InChI is InChI=1S/C48H50BrN/c1-46(2,3)37-27-36(28-38(29-37)47(4,5)6)33-23-25-41(26-24-33)50(42-31-39(48(7,8)9)30-40(49)32-42)45-43(34-17-12-10-13-18-34)21-16-22-44(45)35-19-14-11-15-20-35/h10-32H,1-9H3. The molecule has 0 fully saturated rings. The molecular formula is C48H50BrN. The lowest BCUT2D eigenvalue weighted by molar-refractivity contribution is 0.569. The molecule has 50 heavy (non-hydrogen) atoms. The fraction of sp³-hybridized carbons (Fsp3) is 0.250. The zero-order valence-corrected chi connectivity index (χ0v) is 32.7. The van der Waals surface area contributed by atoms with Crippen LogP contribution in [0.2, 0.25) is 0 Å². The summed E-state index contributed by atoms with van der Waals surface area (Å²) in [6, 6.07) is 51.4. The van der Waals surface area contributed by atoms with Gasteiger partial charge in [-0.15, -0.1) is 0 Å². The van der Waals surface area contributed by atoms with Gasteiger partial charge in [0, 0.05) is 27.0 Å². The highest BCUT2D eigenvalue weighted by molar-refractivity contribution is 9.10. The van der Waals surface area contributed by atoms with E-state index in [1.807, 2.05) is 0 Å². The van der Waals surface area contributed by atoms with Crippen molar-refractivity contribution in [2.24, 2.45) is 0 Å². The van der Waals surface area contributed by atoms with Crippen molar-refractivity contribution in [3.05, 3.63) is 161 Å². The number of benzene rings is 6. The highest BCUT2D eigenvalue weighted by Crippen LogP contribution is 2.48. The van der Waals surface area contributed by atoms with Crippen LogP contribution in [0.3, 0.4) is 0 Å². The van der Waals surface area contributed by atoms with E-state index in [9.17, 15) is 0 Å². The van der Waals surface area contributed by atoms with Gasteiger partial charge < -0.3 is 4.90 Å². The Morgan fingerprint density at radius 2 is 0.840 bits per heavy atom. The first-order valence-corrected chi connectivity index (χ1v) is 18.5. The van der Waals surface area contributed by atoms with E-state index < -0.39 is 0 Å². The third-order valence-electron chi connectivity index (χ3n) is 9.56. The van der Waals surface area contributed by atoms with Gasteiger partial charge in [0.05, 0.1) is 5.69 Å². The summed E-state index contributed by atoms with van der Waals surface area (Å²) in [6.45, 7) is 20.7. The summed E-state index contributed by atoms with van der Waals surface area (Å²) in [5, 5.41) is 0. The summed E-state index contributed by atoms with van der Waals surface area (Å²) in [6.07, 6.45) is 0. The zero-order valence-electron chi connectivity index (χ0n) is 31.1. The third-order valence-corrected chi connectivity index (χ3v) is 10.0. The van der Waals surface area contributed by atoms with Crippen LogP contribution in [0.1, 0.15) is 79.0 Å². The predicted molar refractivity (Wildman–Crippen MR) is 221 cm³/mol. The molecule has 0 spiro atoms. The van der Waals surface area contributed by atoms with Crippen LogP contribution in [0, 0.1) is 0 Å². The molecule has 0 saturated heterocycles. The van der Waals surface area contributed by atoms with Gasteiger partial charge in [0.25, 0.3) is 0 Å². The molecular weight excluding hydrogens is 670 g/mol. The Bertz CT molecular complexity index is 2000. The Labute approximate surface area is 309 Å². The van der Waals surface area contributed by atoms with Crippen LogP contribution in [0.5, 0.6) is 0 Å². The van der Waals surface area contributed by atoms with Crippen LogP contribution in [0.25, 0.3) is 33.4 Å². The number of anilines is 3. The summed E-state index contributed by atoms with van der Waals surface area (Å²) in [5.41, 5.74) is 14.6. The van der Waals surface area contributed by atoms with Crippen molar-refractivity contribution in [3.63, 3.8) is 0 Å². The topological polar surface area (TPSA) is 3.24 Å². The van der Waals surface area contributed by atoms with Crippen molar-refractivity contribution in [2.75, 3.05) is 4.90 Å². The number of hydrogen-bond acceptors (Lipinski definition) is 1. The highest BCUT2D eigenvalue weighted by atomic mass is 79.9. The molecule has 0 bridgehead atoms. The Kier molecular flexibility index (Phi) is 9.72. The van der Waals surface area contributed by atoms with Gasteiger partial charge in [-0.05, 0) is 85.5 Å². The largest absolute Gasteiger partial charge is 0.309 e. The van der Waals surface area contributed by atoms with Gasteiger partial charge >= 0.3 is 0 Å². The Balaban J connectivity index is 1.62. The number of nitrogens with zero attached hydrogens (tertiary/aromatic N) is 1. The molecule has 0 atom stereocenters. The second-order valence-electron chi connectivity index (χ2n) is 16.6. The van der Waals surface area contributed by atoms with E-state index in [2.05, 4.69) is 223 Å². The minimum atomic E-state index is -0.0297. The normalized spacial score (nSPS) is 12.2. The van der Waals surface area contributed by atoms with E-state index in [4.69, 9.17) is 0 Å². The van der Waals surface area contributed by atoms with Gasteiger partial charge in [0.1, 0.15) is 0 Å². The maximum atomic E-state index is 3.91. The maximum absolute atomic E-state index is 3.91. The lowest BCUT2D eigenvalue weighted by atomic mass is 9.79. The second kappa shape index (κ2) is 13.7. The van der Waals surface area contributed by atoms with Crippen molar-refractivity contribution in [2.45, 2.75) is 78.6 Å². The molecule has 0 unspecified atom stereocenters. The maximum Gasteiger partial charge on any atom is 0.0618 e. The van der Waals surface area contributed by atoms with Crippen molar-refractivity contribution in [1.82, 2.24) is 0 Å². The van der Waals surface area contributed by atoms with Crippen LogP contribution in [0.15, 0.2) is 144 Å². The SMILES string of the molecule is CC(C)(C)c1cc(Br)cc(N(c2ccc(-c3cc(C(C)(C)C)cc(C(C)(C)C)c3)cc2)c2c(-c3ccccc3)cccc2-c2ccccc2)c1. The molecule has 0 radical (unpaired) electrons. The third kappa shape index (κ3) is 7.67. The Hall–Kier alpha value is -4.40. The first kappa shape index (κ1) is 35.4. The average molecular weight is 721 g/mol. The Morgan fingerprint density at radius 1 is 0.380 bits per heavy atom. The van der Waals surface area contributed by atoms with Gasteiger partial charge in [-0.1, -0.05) is 187 Å². The van der Waals surface area contributed by atoms with E-state index in [1.54, 1.807) is 0 Å². The van der Waals surface area contributed by atoms with Gasteiger partial charge in [-0.25, -0.2) is 0 Å². The number of para-hydroxylation sites is 1. The molecule has 0 aromatic heterocycles. The molecule has 6 rings (SSSR count). The van der Waals surface area contributed by atoms with Crippen molar-refractivity contribution in [3.8, 4) is 33.4 Å². The molecule has 0 N–H and O–H groups in total. The quantitative estimate of drug-likeness (QED) is 0.166. The minimum Gasteiger partial charge on any atom is -0.309 e. The van der Waals surface area contributed by atoms with Crippen molar-refractivity contribution >= 4 is 33.0 Å². The van der Waals surface area contributed by atoms with Crippen molar-refractivity contribution in [1.29, 1.82) is 0 Å². The average Bonchev–Trinajstić information content (AvgIpc) is 3.08. The highest BCUT2D eigenvalue weighted by Gasteiger charge is 2.25. The molecule has 0 aliphatic rings. The van der Waals surface area contributed by atoms with Gasteiger partial charge in [0.15, 0.2) is 0 Å². The first-order chi connectivity index (χ1) is 23.6. The van der Waals surface area contributed by atoms with Crippen LogP contribution in [-0.4, -0.2) is 0 Å². The van der Waals surface area contributed by atoms with Gasteiger partial charge in [0.2, 0.25) is 0 Å². The number of hydrogen-bond donors (Lipinski definition) is 0. The summed E-state index contributed by atoms with van der Waals surface area (Å²) in [5.74, 6) is 0. The lowest BCUT2D eigenvalue weighted by Gasteiger charge is -2.32. The summed E-state index contributed by atoms with van der Waals surface area (Å²) < 4.78 is 1.06. The molecule has 254 valence electrons. The second-order valence-corrected chi connectivity index (χ2v) is 17.5. The molecule has 0 saturated carbocycles. The van der Waals surface area contributed by atoms with E-state index in [0.717, 1.165) is 21.5 Å². The Morgan fingerprint density at radius 3 is 1.30 bits per heavy atom. The lowest BCUT2D eigenvalue weighted by Crippen LogP contribution is -2.16. The van der Waals surface area contributed by atoms with Crippen LogP contribution in [-0.2, 0) is 16.2 Å². The zero-order chi connectivity index (χ0) is 35.8. The fourth-order valence-electron chi connectivity index (χ4n) is 6.49. The molecule has 0 heterocycles. The van der Waals surface area contributed by atoms with Crippen LogP contribution >= 0.6 is 15.9 Å². The summed E-state index contributed by atoms with van der Waals surface area (Å²) in [7, 11) is 0. The first-order valence-electron chi connectivity index (χ1n) is 17.7. The van der Waals surface area contributed by atoms with E-state index in [0.29, 0.717) is 0 Å². The number of halogens is 1. The van der Waals surface area contributed by atoms with E-state index in [1.165, 1.54) is 50.1 Å². The van der Waals surface area contributed by atoms with Crippen LogP contribution in [0.4, 0.5) is 17.1 Å². The molecule has 1 nitrogen and oxygen atoms in total. The minimum absolute atomic E-state index is 0.0297. The summed E-state index contributed by atoms with van der Waals surface area (Å²) >= 11 is 3.91. The number of rotatable bonds is 6. The fourth-order valence-corrected chi connectivity index (χ4v) is 6.97. The smallest absolute Gasteiger partial charge is 0.0618 e. The van der Waals surface area contributed by atoms with Crippen LogP contribution < -0.4 is 4.90 Å².